The Kier molecular flexibility index (Phi) is 6.26. The van der Waals surface area contributed by atoms with Crippen molar-refractivity contribution in [3.05, 3.63) is 24.0 Å². The normalized spacial score (nSPS) is 12.5. The maximum Gasteiger partial charge on any atom is 0.243 e. The Balaban J connectivity index is 2.92. The molecular formula is C12H19FN2O4S2. The van der Waals surface area contributed by atoms with Crippen LogP contribution in [0.3, 0.4) is 0 Å². The molecule has 120 valence electrons. The lowest BCUT2D eigenvalue weighted by atomic mass is 10.2. The van der Waals surface area contributed by atoms with Gasteiger partial charge in [0, 0.05) is 12.8 Å². The minimum Gasteiger partial charge on any atom is -0.330 e. The highest BCUT2D eigenvalue weighted by atomic mass is 32.2. The van der Waals surface area contributed by atoms with Crippen LogP contribution in [0.2, 0.25) is 0 Å². The first-order valence-electron chi connectivity index (χ1n) is 6.38. The van der Waals surface area contributed by atoms with E-state index in [1.54, 1.807) is 0 Å². The summed E-state index contributed by atoms with van der Waals surface area (Å²) in [6.07, 6.45) is 3.03. The van der Waals surface area contributed by atoms with Gasteiger partial charge in [0.25, 0.3) is 0 Å². The van der Waals surface area contributed by atoms with E-state index in [2.05, 4.69) is 4.72 Å². The minimum atomic E-state index is -4.08. The zero-order chi connectivity index (χ0) is 16.1. The predicted molar refractivity (Wildman–Crippen MR) is 77.6 cm³/mol. The topological polar surface area (TPSA) is 106 Å². The van der Waals surface area contributed by atoms with E-state index in [1.807, 2.05) is 0 Å². The largest absolute Gasteiger partial charge is 0.330 e. The Morgan fingerprint density at radius 2 is 1.81 bits per heavy atom. The molecule has 0 atom stereocenters. The molecule has 0 aliphatic heterocycles. The van der Waals surface area contributed by atoms with Crippen LogP contribution in [-0.2, 0) is 19.9 Å². The molecule has 0 unspecified atom stereocenters. The smallest absolute Gasteiger partial charge is 0.243 e. The van der Waals surface area contributed by atoms with Gasteiger partial charge in [-0.3, -0.25) is 0 Å². The Bertz CT molecular complexity index is 687. The highest BCUT2D eigenvalue weighted by Crippen LogP contribution is 2.19. The fourth-order valence-corrected chi connectivity index (χ4v) is 3.55. The molecule has 0 aliphatic carbocycles. The van der Waals surface area contributed by atoms with Crippen molar-refractivity contribution >= 4 is 19.9 Å². The molecule has 0 amide bonds. The van der Waals surface area contributed by atoms with Crippen molar-refractivity contribution in [1.29, 1.82) is 0 Å². The lowest BCUT2D eigenvalue weighted by molar-refractivity contribution is 0.551. The number of sulfonamides is 1. The summed E-state index contributed by atoms with van der Waals surface area (Å²) in [6, 6.07) is 2.69. The van der Waals surface area contributed by atoms with Crippen LogP contribution in [0.15, 0.2) is 28.0 Å². The monoisotopic (exact) mass is 338 g/mol. The predicted octanol–water partition coefficient (Wildman–Crippen LogP) is 0.637. The molecule has 0 bridgehead atoms. The van der Waals surface area contributed by atoms with E-state index in [9.17, 15) is 21.2 Å². The molecule has 0 aromatic heterocycles. The van der Waals surface area contributed by atoms with Gasteiger partial charge in [0.2, 0.25) is 10.0 Å². The van der Waals surface area contributed by atoms with Gasteiger partial charge in [-0.2, -0.15) is 0 Å². The second-order valence-corrected chi connectivity index (χ2v) is 8.36. The van der Waals surface area contributed by atoms with Gasteiger partial charge < -0.3 is 5.73 Å². The first-order chi connectivity index (χ1) is 9.68. The number of sulfone groups is 1. The molecule has 0 heterocycles. The SMILES string of the molecule is CS(=O)(=O)c1ccc(F)c(S(=O)(=O)NCCCCCN)c1. The average Bonchev–Trinajstić information content (AvgIpc) is 2.37. The van der Waals surface area contributed by atoms with E-state index in [0.29, 0.717) is 13.0 Å². The van der Waals surface area contributed by atoms with Gasteiger partial charge >= 0.3 is 0 Å². The summed E-state index contributed by atoms with van der Waals surface area (Å²) in [6.45, 7) is 0.669. The van der Waals surface area contributed by atoms with Gasteiger partial charge in [-0.1, -0.05) is 6.42 Å². The zero-order valence-corrected chi connectivity index (χ0v) is 13.3. The number of halogens is 1. The molecular weight excluding hydrogens is 319 g/mol. The standard InChI is InChI=1S/C12H19FN2O4S2/c1-20(16,17)10-5-6-11(13)12(9-10)21(18,19)15-8-4-2-3-7-14/h5-6,9,15H,2-4,7-8,14H2,1H3. The summed E-state index contributed by atoms with van der Waals surface area (Å²) >= 11 is 0. The highest BCUT2D eigenvalue weighted by molar-refractivity contribution is 7.91. The molecule has 0 saturated heterocycles. The maximum atomic E-state index is 13.7. The molecule has 6 nitrogen and oxygen atoms in total. The van der Waals surface area contributed by atoms with Crippen LogP contribution in [0.1, 0.15) is 19.3 Å². The van der Waals surface area contributed by atoms with Crippen LogP contribution in [0.25, 0.3) is 0 Å². The second-order valence-electron chi connectivity index (χ2n) is 4.61. The molecule has 1 aromatic carbocycles. The minimum absolute atomic E-state index is 0.144. The molecule has 21 heavy (non-hydrogen) atoms. The third kappa shape index (κ3) is 5.34. The first-order valence-corrected chi connectivity index (χ1v) is 9.75. The zero-order valence-electron chi connectivity index (χ0n) is 11.7. The summed E-state index contributed by atoms with van der Waals surface area (Å²) in [5, 5.41) is 0. The number of unbranched alkanes of at least 4 members (excludes halogenated alkanes) is 2. The Hall–Kier alpha value is -1.03. The quantitative estimate of drug-likeness (QED) is 0.534. The van der Waals surface area contributed by atoms with E-state index in [4.69, 9.17) is 5.73 Å². The third-order valence-electron chi connectivity index (χ3n) is 2.79. The highest BCUT2D eigenvalue weighted by Gasteiger charge is 2.21. The van der Waals surface area contributed by atoms with E-state index < -0.39 is 30.6 Å². The molecule has 3 N–H and O–H groups in total. The number of hydrogen-bond acceptors (Lipinski definition) is 5. The Morgan fingerprint density at radius 1 is 1.14 bits per heavy atom. The Morgan fingerprint density at radius 3 is 2.38 bits per heavy atom. The molecule has 0 aliphatic rings. The molecule has 1 rings (SSSR count). The molecule has 0 spiro atoms. The summed E-state index contributed by atoms with van der Waals surface area (Å²) in [5.74, 6) is -0.989. The van der Waals surface area contributed by atoms with Crippen molar-refractivity contribution in [2.45, 2.75) is 29.1 Å². The van der Waals surface area contributed by atoms with Crippen molar-refractivity contribution in [1.82, 2.24) is 4.72 Å². The van der Waals surface area contributed by atoms with Crippen molar-refractivity contribution in [3.63, 3.8) is 0 Å². The summed E-state index contributed by atoms with van der Waals surface area (Å²) in [5.41, 5.74) is 5.32. The van der Waals surface area contributed by atoms with Gasteiger partial charge in [-0.15, -0.1) is 0 Å². The van der Waals surface area contributed by atoms with Crippen LogP contribution < -0.4 is 10.5 Å². The van der Waals surface area contributed by atoms with Gasteiger partial charge in [0.1, 0.15) is 10.7 Å². The fraction of sp³-hybridized carbons (Fsp3) is 0.500. The molecule has 9 heteroatoms. The fourth-order valence-electron chi connectivity index (χ4n) is 1.65. The van der Waals surface area contributed by atoms with Crippen LogP contribution >= 0.6 is 0 Å². The van der Waals surface area contributed by atoms with Crippen LogP contribution in [0.4, 0.5) is 4.39 Å². The average molecular weight is 338 g/mol. The van der Waals surface area contributed by atoms with Crippen LogP contribution in [0, 0.1) is 5.82 Å². The first kappa shape index (κ1) is 18.0. The van der Waals surface area contributed by atoms with Gasteiger partial charge in [0.15, 0.2) is 9.84 Å². The lowest BCUT2D eigenvalue weighted by Gasteiger charge is -2.09. The number of nitrogens with one attached hydrogen (secondary N) is 1. The summed E-state index contributed by atoms with van der Waals surface area (Å²) in [7, 11) is -7.69. The van der Waals surface area contributed by atoms with E-state index in [1.165, 1.54) is 0 Å². The molecule has 1 aromatic rings. The van der Waals surface area contributed by atoms with E-state index in [-0.39, 0.29) is 11.4 Å². The van der Waals surface area contributed by atoms with Crippen molar-refractivity contribution in [2.24, 2.45) is 5.73 Å². The van der Waals surface area contributed by atoms with Gasteiger partial charge in [0.05, 0.1) is 4.90 Å². The van der Waals surface area contributed by atoms with E-state index in [0.717, 1.165) is 37.3 Å². The van der Waals surface area contributed by atoms with Crippen LogP contribution in [0.5, 0.6) is 0 Å². The number of rotatable bonds is 8. The summed E-state index contributed by atoms with van der Waals surface area (Å²) in [4.78, 5) is -0.906. The van der Waals surface area contributed by atoms with Crippen molar-refractivity contribution in [2.75, 3.05) is 19.3 Å². The van der Waals surface area contributed by atoms with Gasteiger partial charge in [-0.25, -0.2) is 25.9 Å². The lowest BCUT2D eigenvalue weighted by Crippen LogP contribution is -2.26. The second kappa shape index (κ2) is 7.30. The van der Waals surface area contributed by atoms with Crippen molar-refractivity contribution < 1.29 is 21.2 Å². The number of hydrogen-bond donors (Lipinski definition) is 2. The molecule has 0 saturated carbocycles. The number of benzene rings is 1. The molecule has 0 fully saturated rings. The van der Waals surface area contributed by atoms with Crippen LogP contribution in [-0.4, -0.2) is 36.2 Å². The van der Waals surface area contributed by atoms with E-state index >= 15 is 0 Å². The number of nitrogens with two attached hydrogens (primary N) is 1. The Labute approximate surface area is 124 Å². The molecule has 0 radical (unpaired) electrons. The van der Waals surface area contributed by atoms with Crippen molar-refractivity contribution in [3.8, 4) is 0 Å². The summed E-state index contributed by atoms with van der Waals surface area (Å²) < 4.78 is 62.7. The van der Waals surface area contributed by atoms with Gasteiger partial charge in [-0.05, 0) is 37.6 Å². The third-order valence-corrected chi connectivity index (χ3v) is 5.38. The maximum absolute atomic E-state index is 13.7.